The summed E-state index contributed by atoms with van der Waals surface area (Å²) in [6.45, 7) is 0. The quantitative estimate of drug-likeness (QED) is 0.406. The molecule has 5 rings (SSSR count). The molecule has 6 nitrogen and oxygen atoms in total. The van der Waals surface area contributed by atoms with Gasteiger partial charge in [-0.3, -0.25) is 9.59 Å². The van der Waals surface area contributed by atoms with Crippen LogP contribution >= 0.6 is 11.8 Å². The number of hydrogen-bond acceptors (Lipinski definition) is 4. The van der Waals surface area contributed by atoms with Gasteiger partial charge in [0.05, 0.1) is 22.8 Å². The monoisotopic (exact) mass is 452 g/mol. The van der Waals surface area contributed by atoms with Crippen molar-refractivity contribution in [3.05, 3.63) is 96.7 Å². The summed E-state index contributed by atoms with van der Waals surface area (Å²) in [5.74, 6) is 0.0953. The van der Waals surface area contributed by atoms with E-state index in [1.54, 1.807) is 12.1 Å². The maximum Gasteiger partial charge on any atom is 0.248 e. The summed E-state index contributed by atoms with van der Waals surface area (Å²) >= 11 is 1.48. The molecule has 7 heteroatoms. The van der Waals surface area contributed by atoms with E-state index in [1.807, 2.05) is 83.7 Å². The molecule has 1 aliphatic heterocycles. The Morgan fingerprint density at radius 2 is 1.79 bits per heavy atom. The van der Waals surface area contributed by atoms with Crippen molar-refractivity contribution in [3.8, 4) is 16.9 Å². The van der Waals surface area contributed by atoms with Gasteiger partial charge in [-0.15, -0.1) is 11.8 Å². The SMILES string of the molecule is O=C(/C=C/c1cn(-c2ccccc2)nc1-c1ccccc1)Nc1ccc2c(c1)NC(=O)CS2. The molecule has 0 atom stereocenters. The maximum absolute atomic E-state index is 12.6. The van der Waals surface area contributed by atoms with Crippen LogP contribution < -0.4 is 10.6 Å². The second-order valence-corrected chi connectivity index (χ2v) is 8.47. The number of anilines is 2. The molecule has 0 bridgehead atoms. The Labute approximate surface area is 195 Å². The third-order valence-corrected chi connectivity index (χ3v) is 6.18. The second kappa shape index (κ2) is 9.18. The van der Waals surface area contributed by atoms with Crippen LogP contribution in [-0.4, -0.2) is 27.3 Å². The number of thioether (sulfide) groups is 1. The van der Waals surface area contributed by atoms with Crippen LogP contribution in [0.25, 0.3) is 23.0 Å². The molecule has 162 valence electrons. The molecule has 0 fully saturated rings. The first kappa shape index (κ1) is 20.8. The molecule has 2 N–H and O–H groups in total. The Balaban J connectivity index is 1.39. The van der Waals surface area contributed by atoms with Gasteiger partial charge in [0.1, 0.15) is 0 Å². The van der Waals surface area contributed by atoms with Gasteiger partial charge in [-0.05, 0) is 36.4 Å². The van der Waals surface area contributed by atoms with Gasteiger partial charge in [0, 0.05) is 34.0 Å². The predicted molar refractivity (Wildman–Crippen MR) is 132 cm³/mol. The van der Waals surface area contributed by atoms with Gasteiger partial charge in [-0.1, -0.05) is 48.5 Å². The Bertz CT molecular complexity index is 1350. The van der Waals surface area contributed by atoms with Crippen LogP contribution in [0.4, 0.5) is 11.4 Å². The van der Waals surface area contributed by atoms with Crippen LogP contribution in [0.15, 0.2) is 96.0 Å². The van der Waals surface area contributed by atoms with Crippen molar-refractivity contribution in [2.24, 2.45) is 0 Å². The number of hydrogen-bond donors (Lipinski definition) is 2. The number of nitrogens with zero attached hydrogens (tertiary/aromatic N) is 2. The molecule has 1 aromatic heterocycles. The van der Waals surface area contributed by atoms with Gasteiger partial charge in [0.25, 0.3) is 0 Å². The van der Waals surface area contributed by atoms with Crippen molar-refractivity contribution in [1.82, 2.24) is 9.78 Å². The Kier molecular flexibility index (Phi) is 5.78. The molecule has 0 aliphatic carbocycles. The molecular weight excluding hydrogens is 432 g/mol. The highest BCUT2D eigenvalue weighted by atomic mass is 32.2. The molecule has 0 spiro atoms. The molecule has 4 aromatic rings. The van der Waals surface area contributed by atoms with Gasteiger partial charge in [-0.2, -0.15) is 5.10 Å². The lowest BCUT2D eigenvalue weighted by Crippen LogP contribution is -2.19. The van der Waals surface area contributed by atoms with Crippen molar-refractivity contribution in [1.29, 1.82) is 0 Å². The van der Waals surface area contributed by atoms with Crippen molar-refractivity contribution >= 4 is 41.0 Å². The maximum atomic E-state index is 12.6. The zero-order valence-corrected chi connectivity index (χ0v) is 18.4. The average molecular weight is 453 g/mol. The molecule has 0 radical (unpaired) electrons. The first-order valence-electron chi connectivity index (χ1n) is 10.4. The summed E-state index contributed by atoms with van der Waals surface area (Å²) in [7, 11) is 0. The van der Waals surface area contributed by atoms with Gasteiger partial charge in [0.15, 0.2) is 0 Å². The van der Waals surface area contributed by atoms with E-state index in [0.29, 0.717) is 17.1 Å². The fourth-order valence-corrected chi connectivity index (χ4v) is 4.34. The van der Waals surface area contributed by atoms with E-state index < -0.39 is 0 Å². The Morgan fingerprint density at radius 3 is 2.58 bits per heavy atom. The van der Waals surface area contributed by atoms with E-state index in [4.69, 9.17) is 5.10 Å². The first-order valence-corrected chi connectivity index (χ1v) is 11.4. The minimum Gasteiger partial charge on any atom is -0.324 e. The van der Waals surface area contributed by atoms with Crippen LogP contribution in [-0.2, 0) is 9.59 Å². The summed E-state index contributed by atoms with van der Waals surface area (Å²) in [4.78, 5) is 25.2. The summed E-state index contributed by atoms with van der Waals surface area (Å²) < 4.78 is 1.81. The van der Waals surface area contributed by atoms with Crippen LogP contribution in [0, 0.1) is 0 Å². The largest absolute Gasteiger partial charge is 0.324 e. The lowest BCUT2D eigenvalue weighted by atomic mass is 10.1. The average Bonchev–Trinajstić information content (AvgIpc) is 3.28. The molecule has 2 heterocycles. The predicted octanol–water partition coefficient (Wildman–Crippen LogP) is 5.24. The number of rotatable bonds is 5. The molecule has 2 amide bonds. The van der Waals surface area contributed by atoms with Crippen LogP contribution in [0.5, 0.6) is 0 Å². The first-order chi connectivity index (χ1) is 16.2. The van der Waals surface area contributed by atoms with Crippen molar-refractivity contribution in [2.75, 3.05) is 16.4 Å². The molecule has 33 heavy (non-hydrogen) atoms. The van der Waals surface area contributed by atoms with Crippen LogP contribution in [0.3, 0.4) is 0 Å². The molecular formula is C26H20N4O2S. The normalized spacial score (nSPS) is 12.9. The lowest BCUT2D eigenvalue weighted by Gasteiger charge is -2.17. The van der Waals surface area contributed by atoms with E-state index in [2.05, 4.69) is 10.6 Å². The summed E-state index contributed by atoms with van der Waals surface area (Å²) in [6, 6.07) is 25.2. The Morgan fingerprint density at radius 1 is 1.03 bits per heavy atom. The van der Waals surface area contributed by atoms with Gasteiger partial charge in [-0.25, -0.2) is 4.68 Å². The van der Waals surface area contributed by atoms with Crippen molar-refractivity contribution < 1.29 is 9.59 Å². The van der Waals surface area contributed by atoms with Crippen molar-refractivity contribution in [2.45, 2.75) is 4.90 Å². The zero-order valence-electron chi connectivity index (χ0n) is 17.6. The number of para-hydroxylation sites is 1. The third kappa shape index (κ3) is 4.73. The number of benzene rings is 3. The fourth-order valence-electron chi connectivity index (χ4n) is 3.55. The summed E-state index contributed by atoms with van der Waals surface area (Å²) in [5, 5.41) is 10.5. The number of fused-ring (bicyclic) bond motifs is 1. The molecule has 0 saturated heterocycles. The standard InChI is InChI=1S/C26H20N4O2S/c31-24(27-20-12-13-23-22(15-20)28-25(32)17-33-23)14-11-19-16-30(21-9-5-2-6-10-21)29-26(19)18-7-3-1-4-8-18/h1-16H,17H2,(H,27,31)(H,28,32)/b14-11+. The van der Waals surface area contributed by atoms with Gasteiger partial charge in [0.2, 0.25) is 11.8 Å². The highest BCUT2D eigenvalue weighted by Gasteiger charge is 2.16. The summed E-state index contributed by atoms with van der Waals surface area (Å²) in [5.41, 5.74) is 4.86. The second-order valence-electron chi connectivity index (χ2n) is 7.45. The van der Waals surface area contributed by atoms with E-state index in [-0.39, 0.29) is 11.8 Å². The van der Waals surface area contributed by atoms with Crippen molar-refractivity contribution in [3.63, 3.8) is 0 Å². The van der Waals surface area contributed by atoms with E-state index in [9.17, 15) is 9.59 Å². The number of carbonyl (C=O) groups is 2. The van der Waals surface area contributed by atoms with Crippen LogP contribution in [0.1, 0.15) is 5.56 Å². The lowest BCUT2D eigenvalue weighted by molar-refractivity contribution is -0.114. The topological polar surface area (TPSA) is 76.0 Å². The van der Waals surface area contributed by atoms with E-state index >= 15 is 0 Å². The van der Waals surface area contributed by atoms with Crippen LogP contribution in [0.2, 0.25) is 0 Å². The molecule has 3 aromatic carbocycles. The molecule has 0 saturated carbocycles. The highest BCUT2D eigenvalue weighted by molar-refractivity contribution is 8.00. The number of nitrogens with one attached hydrogen (secondary N) is 2. The number of amides is 2. The zero-order chi connectivity index (χ0) is 22.6. The molecule has 1 aliphatic rings. The van der Waals surface area contributed by atoms with E-state index in [0.717, 1.165) is 27.4 Å². The fraction of sp³-hybridized carbons (Fsp3) is 0.0385. The highest BCUT2D eigenvalue weighted by Crippen LogP contribution is 2.33. The summed E-state index contributed by atoms with van der Waals surface area (Å²) in [6.07, 6.45) is 5.17. The number of carbonyl (C=O) groups excluding carboxylic acids is 2. The molecule has 0 unspecified atom stereocenters. The smallest absolute Gasteiger partial charge is 0.248 e. The third-order valence-electron chi connectivity index (χ3n) is 5.10. The van der Waals surface area contributed by atoms with Gasteiger partial charge < -0.3 is 10.6 Å². The van der Waals surface area contributed by atoms with E-state index in [1.165, 1.54) is 17.8 Å². The van der Waals surface area contributed by atoms with Gasteiger partial charge >= 0.3 is 0 Å². The minimum atomic E-state index is -0.267. The number of aromatic nitrogens is 2. The minimum absolute atomic E-state index is 0.0419. The Hall–Kier alpha value is -4.10.